The molecule has 21 heavy (non-hydrogen) atoms. The minimum absolute atomic E-state index is 0.239. The summed E-state index contributed by atoms with van der Waals surface area (Å²) >= 11 is 0. The minimum Gasteiger partial charge on any atom is -0.373 e. The molecule has 5 heteroatoms. The normalized spacial score (nSPS) is 11.6. The van der Waals surface area contributed by atoms with E-state index in [1.807, 2.05) is 31.2 Å². The molecule has 0 aliphatic heterocycles. The molecule has 2 aromatic carbocycles. The number of rotatable bonds is 6. The highest BCUT2D eigenvalue weighted by atomic mass is 28.4. The molecule has 112 valence electrons. The second kappa shape index (κ2) is 6.95. The van der Waals surface area contributed by atoms with Gasteiger partial charge >= 0.3 is 8.80 Å². The number of hydrogen-bond acceptors (Lipinski definition) is 3. The van der Waals surface area contributed by atoms with E-state index in [0.29, 0.717) is 6.61 Å². The number of halogens is 1. The van der Waals surface area contributed by atoms with Crippen molar-refractivity contribution in [3.8, 4) is 11.1 Å². The zero-order valence-corrected chi connectivity index (χ0v) is 13.4. The molecule has 0 atom stereocenters. The maximum absolute atomic E-state index is 13.0. The summed E-state index contributed by atoms with van der Waals surface area (Å²) in [6, 6.07) is 14.2. The molecule has 0 N–H and O–H groups in total. The Morgan fingerprint density at radius 3 is 1.76 bits per heavy atom. The Hall–Kier alpha value is -1.53. The van der Waals surface area contributed by atoms with Crippen molar-refractivity contribution in [2.75, 3.05) is 20.8 Å². The van der Waals surface area contributed by atoms with Crippen molar-refractivity contribution in [2.24, 2.45) is 0 Å². The lowest BCUT2D eigenvalue weighted by molar-refractivity contribution is 0.120. The van der Waals surface area contributed by atoms with E-state index >= 15 is 0 Å². The summed E-state index contributed by atoms with van der Waals surface area (Å²) in [4.78, 5) is 0. The van der Waals surface area contributed by atoms with Crippen molar-refractivity contribution in [1.29, 1.82) is 0 Å². The Kier molecular flexibility index (Phi) is 5.25. The molecule has 0 amide bonds. The van der Waals surface area contributed by atoms with Gasteiger partial charge in [-0.25, -0.2) is 4.39 Å². The first kappa shape index (κ1) is 15.8. The van der Waals surface area contributed by atoms with Crippen LogP contribution < -0.4 is 5.19 Å². The fourth-order valence-corrected chi connectivity index (χ4v) is 4.21. The van der Waals surface area contributed by atoms with Crippen LogP contribution >= 0.6 is 0 Å². The lowest BCUT2D eigenvalue weighted by Crippen LogP contribution is -2.55. The van der Waals surface area contributed by atoms with E-state index in [9.17, 15) is 4.39 Å². The molecule has 0 bridgehead atoms. The van der Waals surface area contributed by atoms with Crippen molar-refractivity contribution in [3.05, 3.63) is 54.3 Å². The van der Waals surface area contributed by atoms with Crippen LogP contribution in [0.3, 0.4) is 0 Å². The average Bonchev–Trinajstić information content (AvgIpc) is 2.54. The van der Waals surface area contributed by atoms with Gasteiger partial charge in [-0.2, -0.15) is 0 Å². The highest BCUT2D eigenvalue weighted by Crippen LogP contribution is 2.19. The maximum atomic E-state index is 13.0. The quantitative estimate of drug-likeness (QED) is 0.768. The summed E-state index contributed by atoms with van der Waals surface area (Å²) in [5, 5.41) is 0.903. The summed E-state index contributed by atoms with van der Waals surface area (Å²) in [7, 11) is 0.381. The van der Waals surface area contributed by atoms with Gasteiger partial charge in [0, 0.05) is 26.0 Å². The van der Waals surface area contributed by atoms with Gasteiger partial charge < -0.3 is 13.3 Å². The van der Waals surface area contributed by atoms with Crippen LogP contribution in [-0.2, 0) is 13.3 Å². The lowest BCUT2D eigenvalue weighted by Gasteiger charge is -2.26. The van der Waals surface area contributed by atoms with Gasteiger partial charge in [-0.3, -0.25) is 0 Å². The summed E-state index contributed by atoms with van der Waals surface area (Å²) in [6.45, 7) is 2.43. The first-order valence-corrected chi connectivity index (χ1v) is 8.48. The largest absolute Gasteiger partial charge is 0.536 e. The number of hydrogen-bond donors (Lipinski definition) is 0. The molecule has 0 aliphatic rings. The topological polar surface area (TPSA) is 27.7 Å². The second-order valence-corrected chi connectivity index (χ2v) is 7.28. The third-order valence-corrected chi connectivity index (χ3v) is 6.07. The molecule has 3 nitrogen and oxygen atoms in total. The summed E-state index contributed by atoms with van der Waals surface area (Å²) in [6.07, 6.45) is 0. The molecule has 0 aromatic heterocycles. The smallest absolute Gasteiger partial charge is 0.373 e. The predicted octanol–water partition coefficient (Wildman–Crippen LogP) is 2.97. The third-order valence-electron chi connectivity index (χ3n) is 3.29. The predicted molar refractivity (Wildman–Crippen MR) is 82.9 cm³/mol. The average molecular weight is 306 g/mol. The Bertz CT molecular complexity index is 565. The van der Waals surface area contributed by atoms with Gasteiger partial charge in [0.25, 0.3) is 0 Å². The Balaban J connectivity index is 2.31. The first-order chi connectivity index (χ1) is 10.1. The first-order valence-electron chi connectivity index (χ1n) is 6.76. The van der Waals surface area contributed by atoms with Gasteiger partial charge in [-0.15, -0.1) is 0 Å². The standard InChI is InChI=1S/C16H19FO3Si/c1-4-20-21(18-2,19-3)16-11-7-14(8-12-16)13-5-9-15(17)10-6-13/h5-12H,4H2,1-3H3. The van der Waals surface area contributed by atoms with Crippen molar-refractivity contribution in [3.63, 3.8) is 0 Å². The lowest BCUT2D eigenvalue weighted by atomic mass is 10.1. The number of benzene rings is 2. The van der Waals surface area contributed by atoms with E-state index in [-0.39, 0.29) is 5.82 Å². The summed E-state index contributed by atoms with van der Waals surface area (Å²) in [5.74, 6) is -0.239. The Morgan fingerprint density at radius 2 is 1.33 bits per heavy atom. The monoisotopic (exact) mass is 306 g/mol. The van der Waals surface area contributed by atoms with E-state index in [1.165, 1.54) is 12.1 Å². The summed E-state index contributed by atoms with van der Waals surface area (Å²) in [5.41, 5.74) is 1.96. The van der Waals surface area contributed by atoms with Crippen molar-refractivity contribution in [1.82, 2.24) is 0 Å². The van der Waals surface area contributed by atoms with Crippen molar-refractivity contribution >= 4 is 14.0 Å². The molecular weight excluding hydrogens is 287 g/mol. The fraction of sp³-hybridized carbons (Fsp3) is 0.250. The Morgan fingerprint density at radius 1 is 0.857 bits per heavy atom. The van der Waals surface area contributed by atoms with Gasteiger partial charge in [-0.05, 0) is 30.2 Å². The van der Waals surface area contributed by atoms with E-state index in [1.54, 1.807) is 26.4 Å². The summed E-state index contributed by atoms with van der Waals surface area (Å²) < 4.78 is 29.7. The van der Waals surface area contributed by atoms with Crippen molar-refractivity contribution in [2.45, 2.75) is 6.92 Å². The molecule has 0 heterocycles. The zero-order valence-electron chi connectivity index (χ0n) is 12.4. The minimum atomic E-state index is -2.81. The maximum Gasteiger partial charge on any atom is 0.536 e. The molecule has 0 unspecified atom stereocenters. The van der Waals surface area contributed by atoms with E-state index in [0.717, 1.165) is 16.3 Å². The molecule has 0 saturated carbocycles. The molecule has 2 aromatic rings. The van der Waals surface area contributed by atoms with E-state index < -0.39 is 8.80 Å². The van der Waals surface area contributed by atoms with Crippen LogP contribution in [-0.4, -0.2) is 29.6 Å². The van der Waals surface area contributed by atoms with Gasteiger partial charge in [0.1, 0.15) is 5.82 Å². The molecule has 0 radical (unpaired) electrons. The fourth-order valence-electron chi connectivity index (χ4n) is 2.22. The van der Waals surface area contributed by atoms with Crippen LogP contribution in [0.15, 0.2) is 48.5 Å². The molecule has 0 saturated heterocycles. The van der Waals surface area contributed by atoms with Crippen molar-refractivity contribution < 1.29 is 17.7 Å². The highest BCUT2D eigenvalue weighted by Gasteiger charge is 2.41. The van der Waals surface area contributed by atoms with Gasteiger partial charge in [-0.1, -0.05) is 36.4 Å². The van der Waals surface area contributed by atoms with Crippen LogP contribution in [0.5, 0.6) is 0 Å². The van der Waals surface area contributed by atoms with Crippen LogP contribution in [0.4, 0.5) is 4.39 Å². The molecule has 0 aliphatic carbocycles. The molecular formula is C16H19FO3Si. The SMILES string of the molecule is CCO[Si](OC)(OC)c1ccc(-c2ccc(F)cc2)cc1. The molecule has 0 spiro atoms. The van der Waals surface area contributed by atoms with Crippen LogP contribution in [0.2, 0.25) is 0 Å². The zero-order chi connectivity index (χ0) is 15.3. The van der Waals surface area contributed by atoms with Gasteiger partial charge in [0.05, 0.1) is 0 Å². The van der Waals surface area contributed by atoms with Crippen LogP contribution in [0, 0.1) is 5.82 Å². The van der Waals surface area contributed by atoms with E-state index in [4.69, 9.17) is 13.3 Å². The van der Waals surface area contributed by atoms with Crippen LogP contribution in [0.25, 0.3) is 11.1 Å². The molecule has 2 rings (SSSR count). The van der Waals surface area contributed by atoms with Crippen LogP contribution in [0.1, 0.15) is 6.92 Å². The van der Waals surface area contributed by atoms with E-state index in [2.05, 4.69) is 0 Å². The highest BCUT2D eigenvalue weighted by molar-refractivity contribution is 6.75. The molecule has 0 fully saturated rings. The second-order valence-electron chi connectivity index (χ2n) is 4.48. The van der Waals surface area contributed by atoms with Gasteiger partial charge in [0.15, 0.2) is 0 Å². The Labute approximate surface area is 125 Å². The van der Waals surface area contributed by atoms with Gasteiger partial charge in [0.2, 0.25) is 0 Å². The third kappa shape index (κ3) is 3.38.